The largest absolute Gasteiger partial charge is 0.466 e. The molecule has 4 rings (SSSR count). The van der Waals surface area contributed by atoms with Gasteiger partial charge >= 0.3 is 17.9 Å². The number of esters is 3. The highest BCUT2D eigenvalue weighted by Gasteiger charge is 2.42. The van der Waals surface area contributed by atoms with Gasteiger partial charge in [-0.2, -0.15) is 5.26 Å². The molecule has 1 aliphatic heterocycles. The van der Waals surface area contributed by atoms with E-state index in [0.29, 0.717) is 21.8 Å². The van der Waals surface area contributed by atoms with Crippen LogP contribution in [0.2, 0.25) is 0 Å². The number of pyridine rings is 1. The van der Waals surface area contributed by atoms with Gasteiger partial charge in [0.2, 0.25) is 0 Å². The molecule has 0 spiro atoms. The minimum absolute atomic E-state index is 0.0303. The number of methoxy groups -OCH3 is 3. The smallest absolute Gasteiger partial charge is 0.355 e. The highest BCUT2D eigenvalue weighted by molar-refractivity contribution is 7.99. The average molecular weight is 557 g/mol. The molecule has 2 aromatic carbocycles. The lowest BCUT2D eigenvalue weighted by atomic mass is 9.81. The summed E-state index contributed by atoms with van der Waals surface area (Å²) in [6.45, 7) is 0. The van der Waals surface area contributed by atoms with Crippen molar-refractivity contribution in [3.8, 4) is 6.07 Å². The molecule has 0 fully saturated rings. The summed E-state index contributed by atoms with van der Waals surface area (Å²) in [6, 6.07) is 20.9. The van der Waals surface area contributed by atoms with Crippen LogP contribution in [0.25, 0.3) is 0 Å². The van der Waals surface area contributed by atoms with Gasteiger partial charge in [0.25, 0.3) is 0 Å². The third-order valence-corrected chi connectivity index (χ3v) is 7.02. The van der Waals surface area contributed by atoms with Crippen LogP contribution in [0.3, 0.4) is 0 Å². The van der Waals surface area contributed by atoms with E-state index < -0.39 is 23.8 Å². The normalized spacial score (nSPS) is 14.8. The van der Waals surface area contributed by atoms with Crippen molar-refractivity contribution in [1.29, 1.82) is 5.26 Å². The second kappa shape index (κ2) is 12.2. The molecule has 3 aromatic rings. The van der Waals surface area contributed by atoms with Crippen LogP contribution in [-0.2, 0) is 23.8 Å². The van der Waals surface area contributed by atoms with E-state index in [9.17, 15) is 19.6 Å². The van der Waals surface area contributed by atoms with E-state index in [1.165, 1.54) is 44.2 Å². The number of hydrogen-bond donors (Lipinski definition) is 1. The Morgan fingerprint density at radius 1 is 0.925 bits per heavy atom. The van der Waals surface area contributed by atoms with Crippen LogP contribution >= 0.6 is 11.8 Å². The lowest BCUT2D eigenvalue weighted by Crippen LogP contribution is -2.40. The SMILES string of the molecule is COC(=O)C1=C(C(=O)OC)N(c2ccc(Sc3cc(C(=O)OC)ccn3)cc2)C(N)=C(C#N)C1c1ccccc1. The molecule has 1 unspecified atom stereocenters. The summed E-state index contributed by atoms with van der Waals surface area (Å²) in [4.78, 5) is 44.6. The Hall–Kier alpha value is -5.08. The molecule has 10 nitrogen and oxygen atoms in total. The molecule has 0 saturated carbocycles. The second-order valence-electron chi connectivity index (χ2n) is 8.31. The third kappa shape index (κ3) is 5.39. The lowest BCUT2D eigenvalue weighted by molar-refractivity contribution is -0.139. The van der Waals surface area contributed by atoms with Crippen LogP contribution in [-0.4, -0.2) is 44.2 Å². The molecule has 0 saturated heterocycles. The lowest BCUT2D eigenvalue weighted by Gasteiger charge is -2.35. The number of nitriles is 1. The van der Waals surface area contributed by atoms with Crippen LogP contribution in [0.1, 0.15) is 21.8 Å². The highest BCUT2D eigenvalue weighted by atomic mass is 32.2. The number of aromatic nitrogens is 1. The molecule has 0 bridgehead atoms. The number of ether oxygens (including phenoxy) is 3. The van der Waals surface area contributed by atoms with E-state index >= 15 is 0 Å². The van der Waals surface area contributed by atoms with Crippen molar-refractivity contribution >= 4 is 35.4 Å². The molecule has 11 heteroatoms. The minimum Gasteiger partial charge on any atom is -0.466 e. The Kier molecular flexibility index (Phi) is 8.51. The summed E-state index contributed by atoms with van der Waals surface area (Å²) in [5.74, 6) is -3.09. The van der Waals surface area contributed by atoms with Gasteiger partial charge in [-0.05, 0) is 42.0 Å². The Labute approximate surface area is 234 Å². The summed E-state index contributed by atoms with van der Waals surface area (Å²) in [7, 11) is 3.69. The molecule has 0 amide bonds. The van der Waals surface area contributed by atoms with Gasteiger partial charge in [0, 0.05) is 16.8 Å². The van der Waals surface area contributed by atoms with Gasteiger partial charge in [0.05, 0.1) is 50.0 Å². The summed E-state index contributed by atoms with van der Waals surface area (Å²) >= 11 is 1.30. The monoisotopic (exact) mass is 556 g/mol. The van der Waals surface area contributed by atoms with E-state index in [-0.39, 0.29) is 22.7 Å². The van der Waals surface area contributed by atoms with E-state index in [1.54, 1.807) is 66.7 Å². The fraction of sp³-hybridized carbons (Fsp3) is 0.138. The number of carbonyl (C=O) groups excluding carboxylic acids is 3. The molecule has 1 aromatic heterocycles. The van der Waals surface area contributed by atoms with Crippen LogP contribution in [0.15, 0.2) is 106 Å². The van der Waals surface area contributed by atoms with Crippen molar-refractivity contribution < 1.29 is 28.6 Å². The second-order valence-corrected chi connectivity index (χ2v) is 9.40. The van der Waals surface area contributed by atoms with E-state index in [0.717, 1.165) is 4.90 Å². The Morgan fingerprint density at radius 3 is 2.17 bits per heavy atom. The predicted molar refractivity (Wildman–Crippen MR) is 146 cm³/mol. The predicted octanol–water partition coefficient (Wildman–Crippen LogP) is 3.92. The number of carbonyl (C=O) groups is 3. The van der Waals surface area contributed by atoms with Gasteiger partial charge in [0.1, 0.15) is 16.5 Å². The first kappa shape index (κ1) is 27.9. The zero-order chi connectivity index (χ0) is 28.8. The molecular formula is C29H24N4O6S. The molecule has 0 radical (unpaired) electrons. The third-order valence-electron chi connectivity index (χ3n) is 6.08. The van der Waals surface area contributed by atoms with Crippen molar-refractivity contribution in [2.45, 2.75) is 15.8 Å². The molecule has 202 valence electrons. The molecule has 40 heavy (non-hydrogen) atoms. The van der Waals surface area contributed by atoms with Gasteiger partial charge in [-0.1, -0.05) is 42.1 Å². The molecular weight excluding hydrogens is 532 g/mol. The van der Waals surface area contributed by atoms with Crippen molar-refractivity contribution in [3.05, 3.63) is 107 Å². The zero-order valence-electron chi connectivity index (χ0n) is 21.8. The fourth-order valence-corrected chi connectivity index (χ4v) is 5.09. The van der Waals surface area contributed by atoms with E-state index in [2.05, 4.69) is 11.1 Å². The molecule has 0 aliphatic carbocycles. The summed E-state index contributed by atoms with van der Waals surface area (Å²) in [5.41, 5.74) is 7.71. The van der Waals surface area contributed by atoms with Crippen molar-refractivity contribution in [3.63, 3.8) is 0 Å². The van der Waals surface area contributed by atoms with Crippen LogP contribution < -0.4 is 10.6 Å². The number of nitrogens with zero attached hydrogens (tertiary/aromatic N) is 3. The number of benzene rings is 2. The summed E-state index contributed by atoms with van der Waals surface area (Å²) in [6.07, 6.45) is 1.51. The van der Waals surface area contributed by atoms with Gasteiger partial charge in [-0.25, -0.2) is 19.4 Å². The van der Waals surface area contributed by atoms with Crippen LogP contribution in [0.5, 0.6) is 0 Å². The van der Waals surface area contributed by atoms with Gasteiger partial charge in [-0.15, -0.1) is 0 Å². The maximum Gasteiger partial charge on any atom is 0.355 e. The number of allylic oxidation sites excluding steroid dienone is 1. The first-order valence-corrected chi connectivity index (χ1v) is 12.6. The first-order valence-electron chi connectivity index (χ1n) is 11.8. The van der Waals surface area contributed by atoms with Crippen molar-refractivity contribution in [1.82, 2.24) is 4.98 Å². The fourth-order valence-electron chi connectivity index (χ4n) is 4.28. The number of anilines is 1. The topological polar surface area (TPSA) is 145 Å². The molecule has 1 atom stereocenters. The summed E-state index contributed by atoms with van der Waals surface area (Å²) in [5, 5.41) is 10.7. The van der Waals surface area contributed by atoms with Gasteiger partial charge < -0.3 is 19.9 Å². The molecule has 1 aliphatic rings. The number of hydrogen-bond acceptors (Lipinski definition) is 11. The van der Waals surface area contributed by atoms with Crippen LogP contribution in [0.4, 0.5) is 5.69 Å². The molecule has 2 N–H and O–H groups in total. The Morgan fingerprint density at radius 2 is 1.57 bits per heavy atom. The van der Waals surface area contributed by atoms with Gasteiger partial charge in [-0.3, -0.25) is 4.90 Å². The minimum atomic E-state index is -0.952. The maximum atomic E-state index is 13.2. The van der Waals surface area contributed by atoms with Crippen molar-refractivity contribution in [2.75, 3.05) is 26.2 Å². The number of nitrogens with two attached hydrogens (primary N) is 1. The number of rotatable bonds is 7. The van der Waals surface area contributed by atoms with Crippen molar-refractivity contribution in [2.24, 2.45) is 5.73 Å². The standard InChI is InChI=1S/C29H24N4O6S/c1-37-27(34)18-13-14-32-22(15-18)40-20-11-9-19(10-12-20)33-25(29(36)39-3)24(28(35)38-2)23(21(16-30)26(33)31)17-7-5-4-6-8-17/h4-15,23H,31H2,1-3H3. The first-order chi connectivity index (χ1) is 19.3. The average Bonchev–Trinajstić information content (AvgIpc) is 3.00. The van der Waals surface area contributed by atoms with Crippen LogP contribution in [0, 0.1) is 11.3 Å². The zero-order valence-corrected chi connectivity index (χ0v) is 22.6. The maximum absolute atomic E-state index is 13.2. The van der Waals surface area contributed by atoms with E-state index in [4.69, 9.17) is 19.9 Å². The Bertz CT molecular complexity index is 1560. The highest BCUT2D eigenvalue weighted by Crippen LogP contribution is 2.43. The molecule has 2 heterocycles. The van der Waals surface area contributed by atoms with E-state index in [1.807, 2.05) is 0 Å². The Balaban J connectivity index is 1.81. The quantitative estimate of drug-likeness (QED) is 0.334. The summed E-state index contributed by atoms with van der Waals surface area (Å²) < 4.78 is 14.9. The van der Waals surface area contributed by atoms with Gasteiger partial charge in [0.15, 0.2) is 0 Å².